The summed E-state index contributed by atoms with van der Waals surface area (Å²) < 4.78 is 37.4. The van der Waals surface area contributed by atoms with Crippen molar-refractivity contribution in [2.45, 2.75) is 6.18 Å². The Labute approximate surface area is 104 Å². The molecule has 1 N–H and O–H groups in total. The van der Waals surface area contributed by atoms with Gasteiger partial charge in [0.15, 0.2) is 0 Å². The molecule has 2 aromatic rings. The Morgan fingerprint density at radius 3 is 2.33 bits per heavy atom. The Bertz CT molecular complexity index is 619. The summed E-state index contributed by atoms with van der Waals surface area (Å²) in [5, 5.41) is 0.444. The Morgan fingerprint density at radius 1 is 1.17 bits per heavy atom. The Hall–Kier alpha value is -1.82. The highest BCUT2D eigenvalue weighted by molar-refractivity contribution is 6.30. The van der Waals surface area contributed by atoms with Crippen LogP contribution in [0.15, 0.2) is 35.1 Å². The van der Waals surface area contributed by atoms with Gasteiger partial charge in [-0.15, -0.1) is 0 Å². The zero-order valence-electron chi connectivity index (χ0n) is 8.75. The molecule has 0 aliphatic heterocycles. The van der Waals surface area contributed by atoms with Gasteiger partial charge < -0.3 is 4.98 Å². The molecular weight excluding hydrogens is 269 g/mol. The number of hydrogen-bond donors (Lipinski definition) is 1. The van der Waals surface area contributed by atoms with E-state index in [2.05, 4.69) is 4.98 Å². The first-order valence-electron chi connectivity index (χ1n) is 4.81. The monoisotopic (exact) mass is 274 g/mol. The minimum absolute atomic E-state index is 0.0530. The van der Waals surface area contributed by atoms with Crippen molar-refractivity contribution in [2.75, 3.05) is 0 Å². The van der Waals surface area contributed by atoms with E-state index in [-0.39, 0.29) is 5.69 Å². The molecule has 0 fully saturated rings. The van der Waals surface area contributed by atoms with Gasteiger partial charge in [-0.2, -0.15) is 13.2 Å². The zero-order chi connectivity index (χ0) is 13.3. The summed E-state index contributed by atoms with van der Waals surface area (Å²) in [4.78, 5) is 16.2. The van der Waals surface area contributed by atoms with Gasteiger partial charge in [0.05, 0.1) is 5.69 Å². The Morgan fingerprint density at radius 2 is 1.78 bits per heavy atom. The molecule has 3 nitrogen and oxygen atoms in total. The predicted molar refractivity (Wildman–Crippen MR) is 60.3 cm³/mol. The summed E-state index contributed by atoms with van der Waals surface area (Å²) in [7, 11) is 0. The zero-order valence-corrected chi connectivity index (χ0v) is 9.51. The number of hydrogen-bond acceptors (Lipinski definition) is 2. The van der Waals surface area contributed by atoms with E-state index in [0.29, 0.717) is 10.6 Å². The van der Waals surface area contributed by atoms with E-state index in [1.54, 1.807) is 4.98 Å². The lowest BCUT2D eigenvalue weighted by molar-refractivity contribution is -0.145. The van der Waals surface area contributed by atoms with Crippen molar-refractivity contribution >= 4 is 11.6 Å². The average Bonchev–Trinajstić information content (AvgIpc) is 2.28. The second-order valence-electron chi connectivity index (χ2n) is 3.48. The fourth-order valence-corrected chi connectivity index (χ4v) is 1.49. The maximum absolute atomic E-state index is 12.5. The van der Waals surface area contributed by atoms with Crippen LogP contribution < -0.4 is 5.56 Å². The summed E-state index contributed by atoms with van der Waals surface area (Å²) in [6.07, 6.45) is -4.69. The van der Waals surface area contributed by atoms with Gasteiger partial charge in [-0.3, -0.25) is 4.79 Å². The van der Waals surface area contributed by atoms with Gasteiger partial charge in [-0.1, -0.05) is 23.7 Å². The summed E-state index contributed by atoms with van der Waals surface area (Å²) in [6.45, 7) is 0. The normalized spacial score (nSPS) is 11.6. The fraction of sp³-hybridized carbons (Fsp3) is 0.0909. The second-order valence-corrected chi connectivity index (χ2v) is 3.92. The van der Waals surface area contributed by atoms with Crippen molar-refractivity contribution in [2.24, 2.45) is 0 Å². The van der Waals surface area contributed by atoms with Crippen LogP contribution in [0.25, 0.3) is 11.3 Å². The number of nitrogens with zero attached hydrogens (tertiary/aromatic N) is 1. The van der Waals surface area contributed by atoms with Crippen molar-refractivity contribution < 1.29 is 13.2 Å². The molecule has 1 aromatic carbocycles. The highest BCUT2D eigenvalue weighted by Crippen LogP contribution is 2.27. The van der Waals surface area contributed by atoms with Crippen LogP contribution in [0.3, 0.4) is 0 Å². The van der Waals surface area contributed by atoms with Gasteiger partial charge in [0.2, 0.25) is 5.82 Å². The molecule has 1 aromatic heterocycles. The molecule has 0 aliphatic rings. The molecule has 0 saturated carbocycles. The van der Waals surface area contributed by atoms with Crippen LogP contribution in [0, 0.1) is 0 Å². The molecule has 2 rings (SSSR count). The minimum Gasteiger partial charge on any atom is -0.303 e. The summed E-state index contributed by atoms with van der Waals surface area (Å²) in [5.74, 6) is -1.32. The van der Waals surface area contributed by atoms with E-state index >= 15 is 0 Å². The van der Waals surface area contributed by atoms with Gasteiger partial charge in [-0.25, -0.2) is 4.98 Å². The topological polar surface area (TPSA) is 45.8 Å². The quantitative estimate of drug-likeness (QED) is 0.868. The highest BCUT2D eigenvalue weighted by Gasteiger charge is 2.34. The molecular formula is C11H6ClF3N2O. The Kier molecular flexibility index (Phi) is 3.13. The number of aromatic amines is 1. The van der Waals surface area contributed by atoms with E-state index < -0.39 is 17.6 Å². The van der Waals surface area contributed by atoms with Crippen molar-refractivity contribution in [1.82, 2.24) is 9.97 Å². The van der Waals surface area contributed by atoms with Crippen LogP contribution >= 0.6 is 11.6 Å². The molecule has 0 atom stereocenters. The van der Waals surface area contributed by atoms with Crippen LogP contribution in [0.1, 0.15) is 5.82 Å². The number of alkyl halides is 3. The maximum Gasteiger partial charge on any atom is 0.449 e. The molecule has 7 heteroatoms. The third kappa shape index (κ3) is 2.70. The molecule has 0 saturated heterocycles. The third-order valence-corrected chi connectivity index (χ3v) is 2.40. The molecule has 0 spiro atoms. The second kappa shape index (κ2) is 4.45. The van der Waals surface area contributed by atoms with Crippen molar-refractivity contribution in [3.05, 3.63) is 51.5 Å². The first kappa shape index (κ1) is 12.6. The summed E-state index contributed by atoms with van der Waals surface area (Å²) >= 11 is 5.67. The first-order valence-corrected chi connectivity index (χ1v) is 5.18. The molecule has 1 heterocycles. The molecule has 0 amide bonds. The van der Waals surface area contributed by atoms with E-state index in [1.165, 1.54) is 24.3 Å². The molecule has 0 bridgehead atoms. The first-order chi connectivity index (χ1) is 8.36. The standard InChI is InChI=1S/C11H6ClF3N2O/c12-7-3-1-6(2-4-7)8-5-9(18)17-10(16-8)11(13,14)15/h1-5H,(H,16,17,18). The van der Waals surface area contributed by atoms with Gasteiger partial charge >= 0.3 is 6.18 Å². The van der Waals surface area contributed by atoms with E-state index in [0.717, 1.165) is 6.07 Å². The van der Waals surface area contributed by atoms with Crippen LogP contribution in [0.4, 0.5) is 13.2 Å². The Balaban J connectivity index is 2.55. The lowest BCUT2D eigenvalue weighted by Crippen LogP contribution is -2.18. The van der Waals surface area contributed by atoms with E-state index in [4.69, 9.17) is 11.6 Å². The smallest absolute Gasteiger partial charge is 0.303 e. The van der Waals surface area contributed by atoms with Crippen molar-refractivity contribution in [3.8, 4) is 11.3 Å². The van der Waals surface area contributed by atoms with E-state index in [1.807, 2.05) is 0 Å². The molecule has 94 valence electrons. The maximum atomic E-state index is 12.5. The minimum atomic E-state index is -4.69. The average molecular weight is 275 g/mol. The summed E-state index contributed by atoms with van der Waals surface area (Å²) in [6, 6.07) is 6.99. The van der Waals surface area contributed by atoms with Crippen LogP contribution in [0.2, 0.25) is 5.02 Å². The number of halogens is 4. The van der Waals surface area contributed by atoms with Gasteiger partial charge in [0, 0.05) is 16.7 Å². The SMILES string of the molecule is O=c1cc(-c2ccc(Cl)cc2)nc(C(F)(F)F)[nH]1. The molecule has 0 unspecified atom stereocenters. The van der Waals surface area contributed by atoms with Crippen molar-refractivity contribution in [3.63, 3.8) is 0 Å². The van der Waals surface area contributed by atoms with E-state index in [9.17, 15) is 18.0 Å². The number of nitrogens with one attached hydrogen (secondary N) is 1. The number of aromatic nitrogens is 2. The van der Waals surface area contributed by atoms with Gasteiger partial charge in [0.1, 0.15) is 0 Å². The summed E-state index contributed by atoms with van der Waals surface area (Å²) in [5.41, 5.74) is -0.527. The van der Waals surface area contributed by atoms with Crippen LogP contribution in [-0.4, -0.2) is 9.97 Å². The van der Waals surface area contributed by atoms with Crippen LogP contribution in [-0.2, 0) is 6.18 Å². The lowest BCUT2D eigenvalue weighted by Gasteiger charge is -2.07. The number of H-pyrrole nitrogens is 1. The fourth-order valence-electron chi connectivity index (χ4n) is 1.36. The molecule has 18 heavy (non-hydrogen) atoms. The highest BCUT2D eigenvalue weighted by atomic mass is 35.5. The van der Waals surface area contributed by atoms with Gasteiger partial charge in [-0.05, 0) is 12.1 Å². The predicted octanol–water partition coefficient (Wildman–Crippen LogP) is 3.11. The third-order valence-electron chi connectivity index (χ3n) is 2.15. The molecule has 0 aliphatic carbocycles. The lowest BCUT2D eigenvalue weighted by atomic mass is 10.1. The number of rotatable bonds is 1. The van der Waals surface area contributed by atoms with Crippen LogP contribution in [0.5, 0.6) is 0 Å². The molecule has 0 radical (unpaired) electrons. The van der Waals surface area contributed by atoms with Gasteiger partial charge in [0.25, 0.3) is 5.56 Å². The largest absolute Gasteiger partial charge is 0.449 e. The number of benzene rings is 1. The van der Waals surface area contributed by atoms with Crippen molar-refractivity contribution in [1.29, 1.82) is 0 Å².